The van der Waals surface area contributed by atoms with Crippen molar-refractivity contribution < 1.29 is 28.2 Å². The van der Waals surface area contributed by atoms with Crippen LogP contribution >= 0.6 is 11.8 Å². The maximum Gasteiger partial charge on any atom is 0.338 e. The molecule has 8 nitrogen and oxygen atoms in total. The largest absolute Gasteiger partial charge is 0.497 e. The van der Waals surface area contributed by atoms with Crippen molar-refractivity contribution in [3.8, 4) is 11.5 Å². The molecule has 2 aromatic carbocycles. The number of amidine groups is 1. The number of thioether (sulfide) groups is 1. The highest BCUT2D eigenvalue weighted by Crippen LogP contribution is 2.47. The lowest BCUT2D eigenvalue weighted by molar-refractivity contribution is -0.139. The SMILES string of the molecule is CCOC(=O)C1=C(C)N=C2SC=C(CC(=O)Nc3ccc(F)cc3)N2[C@@H]1c1cc(OC)ccc1OC. The zero-order chi connectivity index (χ0) is 25.8. The van der Waals surface area contributed by atoms with Gasteiger partial charge in [-0.2, -0.15) is 0 Å². The summed E-state index contributed by atoms with van der Waals surface area (Å²) in [5, 5.41) is 5.24. The first-order valence-electron chi connectivity index (χ1n) is 11.2. The molecule has 0 saturated heterocycles. The number of carbonyl (C=O) groups is 2. The second-order valence-electron chi connectivity index (χ2n) is 7.95. The van der Waals surface area contributed by atoms with Crippen molar-refractivity contribution >= 4 is 34.5 Å². The summed E-state index contributed by atoms with van der Waals surface area (Å²) in [6, 6.07) is 10.2. The number of anilines is 1. The summed E-state index contributed by atoms with van der Waals surface area (Å²) < 4.78 is 29.7. The van der Waals surface area contributed by atoms with Crippen LogP contribution in [0.15, 0.2) is 69.8 Å². The van der Waals surface area contributed by atoms with Crippen LogP contribution in [0.1, 0.15) is 31.9 Å². The van der Waals surface area contributed by atoms with Gasteiger partial charge in [0, 0.05) is 16.9 Å². The fourth-order valence-corrected chi connectivity index (χ4v) is 5.05. The molecule has 4 rings (SSSR count). The Morgan fingerprint density at radius 1 is 1.14 bits per heavy atom. The van der Waals surface area contributed by atoms with E-state index in [-0.39, 0.29) is 24.8 Å². The van der Waals surface area contributed by atoms with Crippen LogP contribution < -0.4 is 14.8 Å². The topological polar surface area (TPSA) is 89.5 Å². The van der Waals surface area contributed by atoms with Crippen LogP contribution in [-0.2, 0) is 14.3 Å². The van der Waals surface area contributed by atoms with Crippen molar-refractivity contribution in [3.63, 3.8) is 0 Å². The first-order valence-corrected chi connectivity index (χ1v) is 12.1. The molecule has 1 N–H and O–H groups in total. The third-order valence-electron chi connectivity index (χ3n) is 5.70. The normalized spacial score (nSPS) is 16.7. The van der Waals surface area contributed by atoms with Crippen LogP contribution in [0.25, 0.3) is 0 Å². The Kier molecular flexibility index (Phi) is 7.64. The molecule has 188 valence electrons. The number of rotatable bonds is 8. The average molecular weight is 512 g/mol. The summed E-state index contributed by atoms with van der Waals surface area (Å²) in [7, 11) is 3.11. The number of nitrogens with zero attached hydrogens (tertiary/aromatic N) is 2. The standard InChI is InChI=1S/C26H26FN3O5S/c1-5-35-25(32)23-15(2)28-26-30(24(23)20-13-19(33-3)10-11-21(20)34-4)18(14-36-26)12-22(31)29-17-8-6-16(27)7-9-17/h6-11,13-14,24H,5,12H2,1-4H3,(H,29,31)/t24-/m1/s1. The second-order valence-corrected chi connectivity index (χ2v) is 8.79. The van der Waals surface area contributed by atoms with E-state index in [0.29, 0.717) is 44.9 Å². The first-order chi connectivity index (χ1) is 17.4. The van der Waals surface area contributed by atoms with E-state index in [2.05, 4.69) is 10.3 Å². The monoisotopic (exact) mass is 511 g/mol. The Morgan fingerprint density at radius 3 is 2.56 bits per heavy atom. The zero-order valence-electron chi connectivity index (χ0n) is 20.3. The Balaban J connectivity index is 1.73. The minimum atomic E-state index is -0.665. The number of methoxy groups -OCH3 is 2. The molecule has 0 unspecified atom stereocenters. The molecular weight excluding hydrogens is 485 g/mol. The van der Waals surface area contributed by atoms with E-state index in [1.165, 1.54) is 36.0 Å². The molecule has 2 aliphatic heterocycles. The van der Waals surface area contributed by atoms with Crippen molar-refractivity contribution in [2.24, 2.45) is 4.99 Å². The molecule has 2 aliphatic rings. The van der Waals surface area contributed by atoms with Gasteiger partial charge in [-0.15, -0.1) is 0 Å². The second kappa shape index (κ2) is 10.9. The van der Waals surface area contributed by atoms with Crippen molar-refractivity contribution in [1.29, 1.82) is 0 Å². The Hall–Kier alpha value is -3.79. The third-order valence-corrected chi connectivity index (χ3v) is 6.59. The van der Waals surface area contributed by atoms with Gasteiger partial charge in [0.05, 0.1) is 44.6 Å². The minimum Gasteiger partial charge on any atom is -0.497 e. The number of ether oxygens (including phenoxy) is 3. The summed E-state index contributed by atoms with van der Waals surface area (Å²) in [6.45, 7) is 3.70. The Labute approximate surface area is 212 Å². The van der Waals surface area contributed by atoms with Crippen LogP contribution in [0, 0.1) is 5.82 Å². The molecule has 1 atom stereocenters. The molecule has 0 radical (unpaired) electrons. The lowest BCUT2D eigenvalue weighted by Crippen LogP contribution is -2.37. The maximum absolute atomic E-state index is 13.2. The number of fused-ring (bicyclic) bond motifs is 1. The number of aliphatic imine (C=N–C) groups is 1. The van der Waals surface area contributed by atoms with Crippen LogP contribution in [0.4, 0.5) is 10.1 Å². The maximum atomic E-state index is 13.2. The van der Waals surface area contributed by atoms with Gasteiger partial charge in [0.2, 0.25) is 5.91 Å². The van der Waals surface area contributed by atoms with E-state index < -0.39 is 12.0 Å². The molecule has 1 amide bonds. The summed E-state index contributed by atoms with van der Waals surface area (Å²) in [5.41, 5.74) is 2.66. The number of amides is 1. The van der Waals surface area contributed by atoms with Crippen LogP contribution in [0.5, 0.6) is 11.5 Å². The summed E-state index contributed by atoms with van der Waals surface area (Å²) in [6.07, 6.45) is 0.00132. The van der Waals surface area contributed by atoms with E-state index in [1.54, 1.807) is 46.3 Å². The van der Waals surface area contributed by atoms with Crippen LogP contribution in [0.3, 0.4) is 0 Å². The quantitative estimate of drug-likeness (QED) is 0.499. The van der Waals surface area contributed by atoms with Crippen molar-refractivity contribution in [1.82, 2.24) is 4.90 Å². The number of hydrogen-bond acceptors (Lipinski definition) is 8. The van der Waals surface area contributed by atoms with E-state index in [9.17, 15) is 14.0 Å². The number of esters is 1. The van der Waals surface area contributed by atoms with Gasteiger partial charge in [-0.05, 0) is 61.7 Å². The molecule has 10 heteroatoms. The highest BCUT2D eigenvalue weighted by molar-refractivity contribution is 8.16. The van der Waals surface area contributed by atoms with Crippen molar-refractivity contribution in [2.75, 3.05) is 26.1 Å². The van der Waals surface area contributed by atoms with Gasteiger partial charge in [0.25, 0.3) is 0 Å². The zero-order valence-corrected chi connectivity index (χ0v) is 21.1. The summed E-state index contributed by atoms with van der Waals surface area (Å²) >= 11 is 1.36. The molecule has 0 fully saturated rings. The van der Waals surface area contributed by atoms with Gasteiger partial charge in [-0.1, -0.05) is 11.8 Å². The fraction of sp³-hybridized carbons (Fsp3) is 0.269. The van der Waals surface area contributed by atoms with Crippen molar-refractivity contribution in [3.05, 3.63) is 76.2 Å². The van der Waals surface area contributed by atoms with Crippen molar-refractivity contribution in [2.45, 2.75) is 26.3 Å². The smallest absolute Gasteiger partial charge is 0.338 e. The van der Waals surface area contributed by atoms with E-state index >= 15 is 0 Å². The first kappa shape index (κ1) is 25.3. The summed E-state index contributed by atoms with van der Waals surface area (Å²) in [5.74, 6) is -0.0543. The van der Waals surface area contributed by atoms with Crippen LogP contribution in [-0.4, -0.2) is 42.8 Å². The Bertz CT molecular complexity index is 1270. The van der Waals surface area contributed by atoms with Gasteiger partial charge in [0.15, 0.2) is 5.17 Å². The molecule has 36 heavy (non-hydrogen) atoms. The predicted octanol–water partition coefficient (Wildman–Crippen LogP) is 5.01. The molecule has 0 spiro atoms. The average Bonchev–Trinajstić information content (AvgIpc) is 3.25. The van der Waals surface area contributed by atoms with Gasteiger partial charge < -0.3 is 24.4 Å². The van der Waals surface area contributed by atoms with E-state index in [4.69, 9.17) is 14.2 Å². The lowest BCUT2D eigenvalue weighted by Gasteiger charge is -2.36. The molecule has 0 aliphatic carbocycles. The number of halogens is 1. The molecule has 0 aromatic heterocycles. The lowest BCUT2D eigenvalue weighted by atomic mass is 9.92. The van der Waals surface area contributed by atoms with Crippen LogP contribution in [0.2, 0.25) is 0 Å². The predicted molar refractivity (Wildman–Crippen MR) is 136 cm³/mol. The molecule has 0 bridgehead atoms. The highest BCUT2D eigenvalue weighted by atomic mass is 32.2. The summed E-state index contributed by atoms with van der Waals surface area (Å²) in [4.78, 5) is 32.5. The minimum absolute atomic E-state index is 0.00132. The molecular formula is C26H26FN3O5S. The number of carbonyl (C=O) groups excluding carboxylic acids is 2. The van der Waals surface area contributed by atoms with Gasteiger partial charge in [-0.25, -0.2) is 14.2 Å². The van der Waals surface area contributed by atoms with E-state index in [0.717, 1.165) is 0 Å². The number of allylic oxidation sites excluding steroid dienone is 1. The van der Waals surface area contributed by atoms with Gasteiger partial charge >= 0.3 is 5.97 Å². The third kappa shape index (κ3) is 5.08. The number of hydrogen-bond donors (Lipinski definition) is 1. The van der Waals surface area contributed by atoms with E-state index in [1.807, 2.05) is 10.3 Å². The number of nitrogens with one attached hydrogen (secondary N) is 1. The highest BCUT2D eigenvalue weighted by Gasteiger charge is 2.42. The Morgan fingerprint density at radius 2 is 1.89 bits per heavy atom. The molecule has 0 saturated carbocycles. The van der Waals surface area contributed by atoms with Gasteiger partial charge in [0.1, 0.15) is 17.3 Å². The van der Waals surface area contributed by atoms with Gasteiger partial charge in [-0.3, -0.25) is 4.79 Å². The molecule has 2 heterocycles. The number of benzene rings is 2. The fourth-order valence-electron chi connectivity index (χ4n) is 4.09. The molecule has 2 aromatic rings.